The predicted molar refractivity (Wildman–Crippen MR) is 139 cm³/mol. The molecule has 0 heterocycles. The van der Waals surface area contributed by atoms with Gasteiger partial charge in [0.1, 0.15) is 0 Å². The second-order valence-corrected chi connectivity index (χ2v) is 7.91. The summed E-state index contributed by atoms with van der Waals surface area (Å²) in [7, 11) is 3.03. The van der Waals surface area contributed by atoms with Gasteiger partial charge in [0, 0.05) is 23.0 Å². The number of thiocarbonyl (C=S) groups is 1. The van der Waals surface area contributed by atoms with Crippen molar-refractivity contribution >= 4 is 46.6 Å². The van der Waals surface area contributed by atoms with Crippen molar-refractivity contribution in [3.63, 3.8) is 0 Å². The number of hydrogen-bond donors (Lipinski definition) is 3. The van der Waals surface area contributed by atoms with Crippen molar-refractivity contribution in [2.75, 3.05) is 24.9 Å². The van der Waals surface area contributed by atoms with E-state index in [4.69, 9.17) is 21.7 Å². The zero-order valence-electron chi connectivity index (χ0n) is 19.7. The maximum Gasteiger partial charge on any atom is 0.416 e. The van der Waals surface area contributed by atoms with E-state index < -0.39 is 23.6 Å². The van der Waals surface area contributed by atoms with E-state index in [9.17, 15) is 22.8 Å². The van der Waals surface area contributed by atoms with Crippen LogP contribution in [-0.4, -0.2) is 31.1 Å². The van der Waals surface area contributed by atoms with Crippen LogP contribution in [0.1, 0.15) is 21.5 Å². The number of amides is 2. The molecule has 3 aromatic rings. The van der Waals surface area contributed by atoms with E-state index in [1.54, 1.807) is 36.4 Å². The third-order valence-corrected chi connectivity index (χ3v) is 5.11. The lowest BCUT2D eigenvalue weighted by molar-refractivity contribution is -0.137. The van der Waals surface area contributed by atoms with E-state index in [2.05, 4.69) is 16.0 Å². The minimum atomic E-state index is -4.53. The summed E-state index contributed by atoms with van der Waals surface area (Å²) in [6, 6.07) is 15.6. The number of carbonyl (C=O) groups is 2. The Morgan fingerprint density at radius 3 is 2.22 bits per heavy atom. The van der Waals surface area contributed by atoms with Gasteiger partial charge in [0.2, 0.25) is 5.91 Å². The van der Waals surface area contributed by atoms with Crippen molar-refractivity contribution in [1.29, 1.82) is 0 Å². The third kappa shape index (κ3) is 7.80. The largest absolute Gasteiger partial charge is 0.493 e. The van der Waals surface area contributed by atoms with Gasteiger partial charge >= 0.3 is 6.18 Å². The van der Waals surface area contributed by atoms with Crippen molar-refractivity contribution in [3.05, 3.63) is 89.5 Å². The number of ether oxygens (including phenoxy) is 2. The lowest BCUT2D eigenvalue weighted by Gasteiger charge is -2.11. The molecule has 2 amide bonds. The zero-order chi connectivity index (χ0) is 27.0. The highest BCUT2D eigenvalue weighted by Crippen LogP contribution is 2.31. The Labute approximate surface area is 216 Å². The first kappa shape index (κ1) is 27.2. The fourth-order valence-electron chi connectivity index (χ4n) is 3.16. The number of nitrogens with one attached hydrogen (secondary N) is 3. The molecule has 0 aliphatic heterocycles. The van der Waals surface area contributed by atoms with Crippen LogP contribution in [0.15, 0.2) is 72.8 Å². The second kappa shape index (κ2) is 12.0. The first-order valence-corrected chi connectivity index (χ1v) is 11.1. The Hall–Kier alpha value is -4.38. The summed E-state index contributed by atoms with van der Waals surface area (Å²) in [5.41, 5.74) is 0.395. The minimum absolute atomic E-state index is 0.00207. The first-order chi connectivity index (χ1) is 17.6. The maximum atomic E-state index is 12.9. The van der Waals surface area contributed by atoms with Gasteiger partial charge < -0.3 is 20.1 Å². The van der Waals surface area contributed by atoms with E-state index in [1.165, 1.54) is 44.6 Å². The van der Waals surface area contributed by atoms with Gasteiger partial charge in [0.15, 0.2) is 16.6 Å². The summed E-state index contributed by atoms with van der Waals surface area (Å²) in [5, 5.41) is 7.70. The van der Waals surface area contributed by atoms with Crippen molar-refractivity contribution in [3.8, 4) is 11.5 Å². The molecule has 0 spiro atoms. The maximum absolute atomic E-state index is 12.9. The molecule has 0 bridgehead atoms. The molecule has 0 radical (unpaired) electrons. The van der Waals surface area contributed by atoms with Crippen LogP contribution in [0.25, 0.3) is 6.08 Å². The van der Waals surface area contributed by atoms with E-state index in [0.717, 1.165) is 12.1 Å². The third-order valence-electron chi connectivity index (χ3n) is 4.90. The van der Waals surface area contributed by atoms with E-state index >= 15 is 0 Å². The fraction of sp³-hybridized carbons (Fsp3) is 0.115. The molecule has 3 aromatic carbocycles. The molecular weight excluding hydrogens is 507 g/mol. The monoisotopic (exact) mass is 529 g/mol. The van der Waals surface area contributed by atoms with Crippen molar-refractivity contribution in [2.24, 2.45) is 0 Å². The lowest BCUT2D eigenvalue weighted by Crippen LogP contribution is -2.32. The van der Waals surface area contributed by atoms with Gasteiger partial charge in [0.25, 0.3) is 5.91 Å². The van der Waals surface area contributed by atoms with Crippen LogP contribution in [0.5, 0.6) is 11.5 Å². The number of alkyl halides is 3. The molecule has 0 unspecified atom stereocenters. The molecule has 192 valence electrons. The SMILES string of the molecule is COc1ccc(/C=C/C(=O)NC(=S)Nc2cccc(C(=O)Nc3cccc(C(F)(F)F)c3)c2)cc1OC. The summed E-state index contributed by atoms with van der Waals surface area (Å²) in [4.78, 5) is 24.8. The van der Waals surface area contributed by atoms with Crippen LogP contribution in [0.3, 0.4) is 0 Å². The average molecular weight is 530 g/mol. The average Bonchev–Trinajstić information content (AvgIpc) is 2.87. The second-order valence-electron chi connectivity index (χ2n) is 7.50. The van der Waals surface area contributed by atoms with Crippen LogP contribution < -0.4 is 25.4 Å². The van der Waals surface area contributed by atoms with Crippen LogP contribution in [0, 0.1) is 0 Å². The Bertz CT molecular complexity index is 1340. The first-order valence-electron chi connectivity index (χ1n) is 10.7. The Kier molecular flexibility index (Phi) is 8.86. The zero-order valence-corrected chi connectivity index (χ0v) is 20.5. The van der Waals surface area contributed by atoms with E-state index in [0.29, 0.717) is 22.7 Å². The summed E-state index contributed by atoms with van der Waals surface area (Å²) >= 11 is 5.16. The van der Waals surface area contributed by atoms with Crippen molar-refractivity contribution < 1.29 is 32.2 Å². The fourth-order valence-corrected chi connectivity index (χ4v) is 3.38. The molecule has 0 fully saturated rings. The molecular formula is C26H22F3N3O4S. The Morgan fingerprint density at radius 1 is 0.865 bits per heavy atom. The molecule has 0 saturated carbocycles. The van der Waals surface area contributed by atoms with Crippen LogP contribution in [0.2, 0.25) is 0 Å². The Balaban J connectivity index is 1.59. The normalized spacial score (nSPS) is 11.1. The lowest BCUT2D eigenvalue weighted by atomic mass is 10.1. The van der Waals surface area contributed by atoms with E-state index in [1.807, 2.05) is 0 Å². The summed E-state index contributed by atoms with van der Waals surface area (Å²) in [6.45, 7) is 0. The summed E-state index contributed by atoms with van der Waals surface area (Å²) in [5.74, 6) is -0.0408. The highest BCUT2D eigenvalue weighted by molar-refractivity contribution is 7.80. The van der Waals surface area contributed by atoms with Crippen molar-refractivity contribution in [1.82, 2.24) is 5.32 Å². The molecule has 3 N–H and O–H groups in total. The van der Waals surface area contributed by atoms with Gasteiger partial charge in [-0.05, 0) is 72.4 Å². The van der Waals surface area contributed by atoms with Crippen LogP contribution in [-0.2, 0) is 11.0 Å². The van der Waals surface area contributed by atoms with E-state index in [-0.39, 0.29) is 16.4 Å². The highest BCUT2D eigenvalue weighted by atomic mass is 32.1. The smallest absolute Gasteiger partial charge is 0.416 e. The minimum Gasteiger partial charge on any atom is -0.493 e. The van der Waals surface area contributed by atoms with Gasteiger partial charge in [-0.15, -0.1) is 0 Å². The number of rotatable bonds is 7. The highest BCUT2D eigenvalue weighted by Gasteiger charge is 2.30. The summed E-state index contributed by atoms with van der Waals surface area (Å²) < 4.78 is 49.1. The number of methoxy groups -OCH3 is 2. The number of halogens is 3. The molecule has 0 aliphatic rings. The molecule has 3 rings (SSSR count). The van der Waals surface area contributed by atoms with Crippen LogP contribution >= 0.6 is 12.2 Å². The molecule has 37 heavy (non-hydrogen) atoms. The molecule has 0 aliphatic carbocycles. The van der Waals surface area contributed by atoms with Gasteiger partial charge in [-0.25, -0.2) is 0 Å². The quantitative estimate of drug-likeness (QED) is 0.277. The van der Waals surface area contributed by atoms with Gasteiger partial charge in [-0.1, -0.05) is 18.2 Å². The molecule has 0 atom stereocenters. The summed E-state index contributed by atoms with van der Waals surface area (Å²) in [6.07, 6.45) is -1.67. The number of hydrogen-bond acceptors (Lipinski definition) is 5. The number of anilines is 2. The standard InChI is InChI=1S/C26H22F3N3O4S/c1-35-21-11-9-16(13-22(21)36-2)10-12-23(33)32-25(37)31-19-7-3-5-17(14-19)24(34)30-20-8-4-6-18(15-20)26(27,28)29/h3-15H,1-2H3,(H,30,34)(H2,31,32,33,37)/b12-10+. The van der Waals surface area contributed by atoms with Gasteiger partial charge in [0.05, 0.1) is 19.8 Å². The van der Waals surface area contributed by atoms with Crippen molar-refractivity contribution in [2.45, 2.75) is 6.18 Å². The molecule has 0 aromatic heterocycles. The van der Waals surface area contributed by atoms with Gasteiger partial charge in [-0.3, -0.25) is 14.9 Å². The number of carbonyl (C=O) groups excluding carboxylic acids is 2. The molecule has 0 saturated heterocycles. The predicted octanol–water partition coefficient (Wildman–Crippen LogP) is 5.50. The number of benzene rings is 3. The Morgan fingerprint density at radius 2 is 1.54 bits per heavy atom. The molecule has 7 nitrogen and oxygen atoms in total. The molecule has 11 heteroatoms. The van der Waals surface area contributed by atoms with Crippen LogP contribution in [0.4, 0.5) is 24.5 Å². The topological polar surface area (TPSA) is 88.7 Å². The van der Waals surface area contributed by atoms with Gasteiger partial charge in [-0.2, -0.15) is 13.2 Å².